The Morgan fingerprint density at radius 3 is 2.67 bits per heavy atom. The largest absolute Gasteiger partial charge is 0.394 e. The van der Waals surface area contributed by atoms with Crippen molar-refractivity contribution in [2.45, 2.75) is 38.7 Å². The summed E-state index contributed by atoms with van der Waals surface area (Å²) in [6.07, 6.45) is -1.43. The van der Waals surface area contributed by atoms with Crippen LogP contribution in [0.2, 0.25) is 0 Å². The number of hydrogen-bond donors (Lipinski definition) is 3. The van der Waals surface area contributed by atoms with E-state index in [1.807, 2.05) is 0 Å². The average Bonchev–Trinajstić information content (AvgIpc) is 3.30. The van der Waals surface area contributed by atoms with Gasteiger partial charge in [0.05, 0.1) is 17.7 Å². The molecule has 0 bridgehead atoms. The maximum Gasteiger partial charge on any atom is 0.330 e. The molecular formula is C21H22N4O8. The van der Waals surface area contributed by atoms with Crippen LogP contribution in [0.3, 0.4) is 0 Å². The van der Waals surface area contributed by atoms with Gasteiger partial charge in [0.1, 0.15) is 18.4 Å². The Balaban J connectivity index is 1.55. The molecule has 2 aromatic rings. The van der Waals surface area contributed by atoms with Crippen molar-refractivity contribution in [3.8, 4) is 0 Å². The number of imide groups is 1. The number of aliphatic hydroxyl groups is 1. The van der Waals surface area contributed by atoms with Crippen molar-refractivity contribution in [2.75, 3.05) is 13.2 Å². The Labute approximate surface area is 186 Å². The third-order valence-corrected chi connectivity index (χ3v) is 5.51. The number of ether oxygens (including phenoxy) is 1. The number of aromatic amines is 1. The van der Waals surface area contributed by atoms with Crippen LogP contribution in [0, 0.1) is 6.92 Å². The lowest BCUT2D eigenvalue weighted by molar-refractivity contribution is -0.155. The Morgan fingerprint density at radius 2 is 1.97 bits per heavy atom. The number of aryl methyl sites for hydroxylation is 1. The van der Waals surface area contributed by atoms with Gasteiger partial charge in [-0.2, -0.15) is 0 Å². The van der Waals surface area contributed by atoms with Crippen LogP contribution < -0.4 is 16.6 Å². The second kappa shape index (κ2) is 8.73. The summed E-state index contributed by atoms with van der Waals surface area (Å²) in [5.74, 6) is -1.85. The van der Waals surface area contributed by atoms with Crippen LogP contribution in [-0.2, 0) is 9.57 Å². The minimum atomic E-state index is -0.941. The van der Waals surface area contributed by atoms with E-state index in [9.17, 15) is 29.1 Å². The Hall–Kier alpha value is -3.61. The minimum absolute atomic E-state index is 0.0206. The molecule has 3 N–H and O–H groups in total. The molecule has 1 aromatic carbocycles. The van der Waals surface area contributed by atoms with Crippen LogP contribution in [0.5, 0.6) is 0 Å². The Bertz CT molecular complexity index is 1250. The number of nitrogens with one attached hydrogen (secondary N) is 2. The lowest BCUT2D eigenvalue weighted by atomic mass is 10.1. The van der Waals surface area contributed by atoms with E-state index in [1.165, 1.54) is 31.3 Å². The number of amides is 3. The number of fused-ring (bicyclic) bond motifs is 1. The zero-order valence-corrected chi connectivity index (χ0v) is 17.9. The highest BCUT2D eigenvalue weighted by Crippen LogP contribution is 2.33. The summed E-state index contributed by atoms with van der Waals surface area (Å²) in [6.45, 7) is 3.19. The first-order valence-electron chi connectivity index (χ1n) is 10.3. The van der Waals surface area contributed by atoms with E-state index in [-0.39, 0.29) is 34.6 Å². The third kappa shape index (κ3) is 3.99. The van der Waals surface area contributed by atoms with Crippen LogP contribution in [0.4, 0.5) is 0 Å². The van der Waals surface area contributed by atoms with Gasteiger partial charge in [0.25, 0.3) is 23.3 Å². The molecule has 1 fully saturated rings. The number of H-pyrrole nitrogens is 1. The number of hydrogen-bond acceptors (Lipinski definition) is 8. The number of benzene rings is 1. The van der Waals surface area contributed by atoms with Gasteiger partial charge in [-0.3, -0.25) is 33.6 Å². The Morgan fingerprint density at radius 1 is 1.24 bits per heavy atom. The maximum absolute atomic E-state index is 12.9. The quantitative estimate of drug-likeness (QED) is 0.487. The first kappa shape index (κ1) is 22.6. The normalized spacial score (nSPS) is 22.0. The van der Waals surface area contributed by atoms with Gasteiger partial charge in [0.2, 0.25) is 0 Å². The molecule has 4 rings (SSSR count). The topological polar surface area (TPSA) is 160 Å². The summed E-state index contributed by atoms with van der Waals surface area (Å²) in [7, 11) is 0. The number of carbonyl (C=O) groups excluding carboxylic acids is 3. The highest BCUT2D eigenvalue weighted by atomic mass is 16.7. The van der Waals surface area contributed by atoms with Crippen LogP contribution in [-0.4, -0.2) is 62.8 Å². The fourth-order valence-electron chi connectivity index (χ4n) is 3.80. The van der Waals surface area contributed by atoms with Gasteiger partial charge in [0, 0.05) is 30.3 Å². The van der Waals surface area contributed by atoms with Gasteiger partial charge < -0.3 is 15.2 Å². The summed E-state index contributed by atoms with van der Waals surface area (Å²) in [5, 5.41) is 12.9. The monoisotopic (exact) mass is 458 g/mol. The predicted octanol–water partition coefficient (Wildman–Crippen LogP) is -0.529. The first-order valence-corrected chi connectivity index (χ1v) is 10.3. The van der Waals surface area contributed by atoms with Crippen molar-refractivity contribution in [1.82, 2.24) is 19.9 Å². The first-order chi connectivity index (χ1) is 15.7. The molecule has 0 saturated carbocycles. The van der Waals surface area contributed by atoms with E-state index in [0.717, 1.165) is 4.57 Å². The van der Waals surface area contributed by atoms with E-state index in [2.05, 4.69) is 10.3 Å². The van der Waals surface area contributed by atoms with Crippen molar-refractivity contribution >= 4 is 17.7 Å². The molecule has 3 amide bonds. The second-order valence-electron chi connectivity index (χ2n) is 7.69. The highest BCUT2D eigenvalue weighted by Gasteiger charge is 2.44. The Kier molecular flexibility index (Phi) is 5.97. The van der Waals surface area contributed by atoms with Crippen molar-refractivity contribution in [1.29, 1.82) is 0 Å². The number of rotatable bonds is 6. The molecular weight excluding hydrogens is 436 g/mol. The summed E-state index contributed by atoms with van der Waals surface area (Å²) < 4.78 is 6.84. The van der Waals surface area contributed by atoms with Crippen molar-refractivity contribution in [3.05, 3.63) is 67.5 Å². The molecule has 3 heterocycles. The van der Waals surface area contributed by atoms with Crippen molar-refractivity contribution < 1.29 is 29.1 Å². The number of nitrogens with zero attached hydrogens (tertiary/aromatic N) is 2. The maximum atomic E-state index is 12.9. The molecule has 174 valence electrons. The third-order valence-electron chi connectivity index (χ3n) is 5.51. The zero-order chi connectivity index (χ0) is 23.9. The molecule has 2 aliphatic heterocycles. The number of aromatic nitrogens is 2. The van der Waals surface area contributed by atoms with Gasteiger partial charge in [-0.15, -0.1) is 5.06 Å². The zero-order valence-electron chi connectivity index (χ0n) is 17.9. The number of carbonyl (C=O) groups is 3. The molecule has 0 radical (unpaired) electrons. The van der Waals surface area contributed by atoms with E-state index in [0.29, 0.717) is 11.6 Å². The molecule has 3 atom stereocenters. The van der Waals surface area contributed by atoms with Crippen molar-refractivity contribution in [2.24, 2.45) is 0 Å². The molecule has 12 nitrogen and oxygen atoms in total. The lowest BCUT2D eigenvalue weighted by Gasteiger charge is -2.21. The molecule has 2 aliphatic rings. The molecule has 1 saturated heterocycles. The van der Waals surface area contributed by atoms with Gasteiger partial charge in [-0.05, 0) is 32.0 Å². The van der Waals surface area contributed by atoms with Crippen LogP contribution in [0.15, 0.2) is 34.0 Å². The SMILES string of the molecule is CCNC(=O)c1ccc2c(c1)C(=O)N(OC1C[C@H](n3cc(C)c(=O)[nH]c3=O)O[C@@H]1CO)C2=O. The standard InChI is InChI=1S/C21H22N4O8/c1-3-22-18(28)11-4-5-12-13(6-11)20(30)25(19(12)29)33-14-7-16(32-15(14)9-26)24-8-10(2)17(27)23-21(24)31/h4-6,8,14-16,26H,3,7,9H2,1-2H3,(H,22,28)(H,23,27,31)/t14?,15-,16-/m1/s1. The fourth-order valence-corrected chi connectivity index (χ4v) is 3.80. The smallest absolute Gasteiger partial charge is 0.330 e. The van der Waals surface area contributed by atoms with Gasteiger partial charge in [0.15, 0.2) is 0 Å². The fraction of sp³-hybridized carbons (Fsp3) is 0.381. The van der Waals surface area contributed by atoms with E-state index in [4.69, 9.17) is 9.57 Å². The molecule has 1 aromatic heterocycles. The molecule has 33 heavy (non-hydrogen) atoms. The summed E-state index contributed by atoms with van der Waals surface area (Å²) in [6, 6.07) is 4.14. The molecule has 0 aliphatic carbocycles. The van der Waals surface area contributed by atoms with Crippen LogP contribution >= 0.6 is 0 Å². The van der Waals surface area contributed by atoms with E-state index in [1.54, 1.807) is 6.92 Å². The van der Waals surface area contributed by atoms with Gasteiger partial charge in [-0.25, -0.2) is 4.79 Å². The van der Waals surface area contributed by atoms with Gasteiger partial charge in [-0.1, -0.05) is 0 Å². The van der Waals surface area contributed by atoms with Gasteiger partial charge >= 0.3 is 5.69 Å². The molecule has 0 spiro atoms. The summed E-state index contributed by atoms with van der Waals surface area (Å²) >= 11 is 0. The van der Waals surface area contributed by atoms with Crippen LogP contribution in [0.1, 0.15) is 56.2 Å². The second-order valence-corrected chi connectivity index (χ2v) is 7.69. The minimum Gasteiger partial charge on any atom is -0.394 e. The number of hydroxylamine groups is 2. The molecule has 1 unspecified atom stereocenters. The number of aliphatic hydroxyl groups excluding tert-OH is 1. The van der Waals surface area contributed by atoms with Crippen molar-refractivity contribution in [3.63, 3.8) is 0 Å². The van der Waals surface area contributed by atoms with E-state index >= 15 is 0 Å². The average molecular weight is 458 g/mol. The summed E-state index contributed by atoms with van der Waals surface area (Å²) in [5.41, 5.74) is -0.621. The van der Waals surface area contributed by atoms with Crippen LogP contribution in [0.25, 0.3) is 0 Å². The predicted molar refractivity (Wildman–Crippen MR) is 111 cm³/mol. The molecule has 12 heteroatoms. The highest BCUT2D eigenvalue weighted by molar-refractivity contribution is 6.21. The summed E-state index contributed by atoms with van der Waals surface area (Å²) in [4.78, 5) is 69.3. The van der Waals surface area contributed by atoms with E-state index < -0.39 is 48.1 Å². The lowest BCUT2D eigenvalue weighted by Crippen LogP contribution is -2.39.